The van der Waals surface area contributed by atoms with Crippen LogP contribution in [0.2, 0.25) is 5.02 Å². The molecule has 0 aliphatic carbocycles. The molecule has 1 heterocycles. The van der Waals surface area contributed by atoms with Gasteiger partial charge in [-0.2, -0.15) is 0 Å². The van der Waals surface area contributed by atoms with Crippen LogP contribution in [0.25, 0.3) is 10.9 Å². The van der Waals surface area contributed by atoms with Crippen LogP contribution in [0.3, 0.4) is 0 Å². The molecule has 0 aliphatic heterocycles. The number of nitro groups is 1. The maximum Gasteiger partial charge on any atom is 0.353 e. The fourth-order valence-electron chi connectivity index (χ4n) is 2.05. The van der Waals surface area contributed by atoms with Crippen molar-refractivity contribution in [2.75, 3.05) is 0 Å². The zero-order valence-electron chi connectivity index (χ0n) is 10.4. The fraction of sp³-hybridized carbons (Fsp3) is 0.308. The standard InChI is InChI=1S/C13H13ClN2O3/c1-2-3-8-15-10-7-5-4-6-9(10)11(14)12(13(15)17)16(18)19/h4-7H,2-3,8H2,1H3. The normalized spacial score (nSPS) is 10.8. The molecule has 5 nitrogen and oxygen atoms in total. The third kappa shape index (κ3) is 2.33. The number of halogens is 1. The Morgan fingerprint density at radius 3 is 2.68 bits per heavy atom. The van der Waals surface area contributed by atoms with Gasteiger partial charge in [0.25, 0.3) is 0 Å². The second-order valence-corrected chi connectivity index (χ2v) is 4.63. The fourth-order valence-corrected chi connectivity index (χ4v) is 2.36. The Kier molecular flexibility index (Phi) is 3.85. The van der Waals surface area contributed by atoms with Crippen molar-refractivity contribution in [2.24, 2.45) is 0 Å². The van der Waals surface area contributed by atoms with Crippen LogP contribution < -0.4 is 5.56 Å². The third-order valence-corrected chi connectivity index (χ3v) is 3.39. The lowest BCUT2D eigenvalue weighted by molar-refractivity contribution is -0.386. The smallest absolute Gasteiger partial charge is 0.302 e. The average molecular weight is 281 g/mol. The minimum Gasteiger partial charge on any atom is -0.302 e. The number of pyridine rings is 1. The highest BCUT2D eigenvalue weighted by molar-refractivity contribution is 6.37. The van der Waals surface area contributed by atoms with Crippen molar-refractivity contribution in [3.05, 3.63) is 49.8 Å². The van der Waals surface area contributed by atoms with Crippen LogP contribution in [0, 0.1) is 10.1 Å². The van der Waals surface area contributed by atoms with Crippen molar-refractivity contribution in [1.29, 1.82) is 0 Å². The Labute approximate surface area is 114 Å². The van der Waals surface area contributed by atoms with E-state index in [0.29, 0.717) is 17.4 Å². The van der Waals surface area contributed by atoms with Crippen LogP contribution in [0.15, 0.2) is 29.1 Å². The van der Waals surface area contributed by atoms with Crippen LogP contribution in [-0.4, -0.2) is 9.49 Å². The number of rotatable bonds is 4. The molecule has 0 spiro atoms. The summed E-state index contributed by atoms with van der Waals surface area (Å²) in [5.41, 5.74) is -0.546. The lowest BCUT2D eigenvalue weighted by Gasteiger charge is -2.10. The van der Waals surface area contributed by atoms with E-state index in [9.17, 15) is 14.9 Å². The number of para-hydroxylation sites is 1. The van der Waals surface area contributed by atoms with Crippen molar-refractivity contribution >= 4 is 28.2 Å². The molecule has 100 valence electrons. The first-order valence-electron chi connectivity index (χ1n) is 6.03. The van der Waals surface area contributed by atoms with Crippen molar-refractivity contribution in [1.82, 2.24) is 4.57 Å². The number of benzene rings is 1. The molecule has 0 saturated carbocycles. The second-order valence-electron chi connectivity index (χ2n) is 4.25. The Morgan fingerprint density at radius 1 is 1.37 bits per heavy atom. The molecule has 0 N–H and O–H groups in total. The van der Waals surface area contributed by atoms with Crippen molar-refractivity contribution < 1.29 is 4.92 Å². The molecule has 0 aliphatic rings. The summed E-state index contributed by atoms with van der Waals surface area (Å²) in [5.74, 6) is 0. The van der Waals surface area contributed by atoms with Crippen molar-refractivity contribution in [3.8, 4) is 0 Å². The minimum absolute atomic E-state index is 0.0849. The molecule has 2 rings (SSSR count). The molecule has 0 atom stereocenters. The average Bonchev–Trinajstić information content (AvgIpc) is 2.38. The molecule has 1 aromatic heterocycles. The number of aromatic nitrogens is 1. The molecule has 0 unspecified atom stereocenters. The molecule has 1 aromatic carbocycles. The van der Waals surface area contributed by atoms with Gasteiger partial charge < -0.3 is 4.57 Å². The number of aryl methyl sites for hydroxylation is 1. The summed E-state index contributed by atoms with van der Waals surface area (Å²) < 4.78 is 1.43. The Hall–Kier alpha value is -1.88. The molecule has 0 bridgehead atoms. The van der Waals surface area contributed by atoms with Gasteiger partial charge >= 0.3 is 11.2 Å². The van der Waals surface area contributed by atoms with E-state index in [-0.39, 0.29) is 5.02 Å². The minimum atomic E-state index is -0.709. The van der Waals surface area contributed by atoms with Crippen LogP contribution in [0.1, 0.15) is 19.8 Å². The molecule has 0 fully saturated rings. The van der Waals surface area contributed by atoms with E-state index >= 15 is 0 Å². The first-order valence-corrected chi connectivity index (χ1v) is 6.41. The van der Waals surface area contributed by atoms with E-state index in [4.69, 9.17) is 11.6 Å². The summed E-state index contributed by atoms with van der Waals surface area (Å²) in [4.78, 5) is 22.5. The maximum atomic E-state index is 12.2. The van der Waals surface area contributed by atoms with Crippen LogP contribution in [0.5, 0.6) is 0 Å². The van der Waals surface area contributed by atoms with Gasteiger partial charge in [-0.15, -0.1) is 0 Å². The summed E-state index contributed by atoms with van der Waals surface area (Å²) in [6.45, 7) is 2.45. The van der Waals surface area contributed by atoms with Gasteiger partial charge in [-0.05, 0) is 12.5 Å². The molecule has 0 radical (unpaired) electrons. The van der Waals surface area contributed by atoms with E-state index in [1.54, 1.807) is 24.3 Å². The molecule has 19 heavy (non-hydrogen) atoms. The number of unbranched alkanes of at least 4 members (excludes halogenated alkanes) is 1. The maximum absolute atomic E-state index is 12.2. The summed E-state index contributed by atoms with van der Waals surface area (Å²) in [7, 11) is 0. The molecular formula is C13H13ClN2O3. The van der Waals surface area contributed by atoms with Gasteiger partial charge in [0, 0.05) is 11.9 Å². The van der Waals surface area contributed by atoms with Gasteiger partial charge in [-0.1, -0.05) is 43.1 Å². The SMILES string of the molecule is CCCCn1c(=O)c([N+](=O)[O-])c(Cl)c2ccccc21. The summed E-state index contributed by atoms with van der Waals surface area (Å²) in [6.07, 6.45) is 1.68. The van der Waals surface area contributed by atoms with Crippen molar-refractivity contribution in [2.45, 2.75) is 26.3 Å². The highest BCUT2D eigenvalue weighted by Crippen LogP contribution is 2.29. The van der Waals surface area contributed by atoms with Gasteiger partial charge in [0.15, 0.2) is 0 Å². The van der Waals surface area contributed by atoms with Gasteiger partial charge in [-0.25, -0.2) is 0 Å². The number of nitrogens with zero attached hydrogens (tertiary/aromatic N) is 2. The number of fused-ring (bicyclic) bond motifs is 1. The molecular weight excluding hydrogens is 268 g/mol. The van der Waals surface area contributed by atoms with E-state index in [1.165, 1.54) is 4.57 Å². The quantitative estimate of drug-likeness (QED) is 0.637. The monoisotopic (exact) mass is 280 g/mol. The van der Waals surface area contributed by atoms with Crippen LogP contribution >= 0.6 is 11.6 Å². The molecule has 0 amide bonds. The molecule has 0 saturated heterocycles. The lowest BCUT2D eigenvalue weighted by atomic mass is 10.2. The Morgan fingerprint density at radius 2 is 2.05 bits per heavy atom. The highest BCUT2D eigenvalue weighted by atomic mass is 35.5. The number of hydrogen-bond donors (Lipinski definition) is 0. The number of hydrogen-bond acceptors (Lipinski definition) is 3. The first-order chi connectivity index (χ1) is 9.07. The van der Waals surface area contributed by atoms with E-state index in [0.717, 1.165) is 12.8 Å². The van der Waals surface area contributed by atoms with Gasteiger partial charge in [0.1, 0.15) is 5.02 Å². The van der Waals surface area contributed by atoms with E-state index < -0.39 is 16.2 Å². The van der Waals surface area contributed by atoms with Gasteiger partial charge in [0.2, 0.25) is 0 Å². The zero-order chi connectivity index (χ0) is 14.0. The second kappa shape index (κ2) is 5.40. The summed E-state index contributed by atoms with van der Waals surface area (Å²) in [6, 6.07) is 6.97. The zero-order valence-corrected chi connectivity index (χ0v) is 11.2. The predicted molar refractivity (Wildman–Crippen MR) is 74.8 cm³/mol. The summed E-state index contributed by atoms with van der Waals surface area (Å²) >= 11 is 5.99. The first kappa shape index (κ1) is 13.5. The molecule has 2 aromatic rings. The Bertz CT molecular complexity index is 694. The van der Waals surface area contributed by atoms with E-state index in [2.05, 4.69) is 0 Å². The largest absolute Gasteiger partial charge is 0.353 e. The topological polar surface area (TPSA) is 65.1 Å². The Balaban J connectivity index is 2.84. The van der Waals surface area contributed by atoms with Gasteiger partial charge in [-0.3, -0.25) is 14.9 Å². The van der Waals surface area contributed by atoms with Crippen molar-refractivity contribution in [3.63, 3.8) is 0 Å². The predicted octanol–water partition coefficient (Wildman–Crippen LogP) is 3.36. The lowest BCUT2D eigenvalue weighted by Crippen LogP contribution is -2.23. The van der Waals surface area contributed by atoms with Crippen LogP contribution in [-0.2, 0) is 6.54 Å². The third-order valence-electron chi connectivity index (χ3n) is 3.00. The highest BCUT2D eigenvalue weighted by Gasteiger charge is 2.23. The van der Waals surface area contributed by atoms with Crippen LogP contribution in [0.4, 0.5) is 5.69 Å². The van der Waals surface area contributed by atoms with E-state index in [1.807, 2.05) is 6.92 Å². The molecule has 6 heteroatoms. The van der Waals surface area contributed by atoms with Gasteiger partial charge in [0.05, 0.1) is 10.4 Å². The summed E-state index contributed by atoms with van der Waals surface area (Å²) in [5, 5.41) is 11.5.